The molecular weight excluding hydrogens is 703 g/mol. The van der Waals surface area contributed by atoms with Crippen LogP contribution in [0.1, 0.15) is 0 Å². The Hall–Kier alpha value is -7.75. The van der Waals surface area contributed by atoms with Crippen molar-refractivity contribution in [3.05, 3.63) is 212 Å². The lowest BCUT2D eigenvalue weighted by Crippen LogP contribution is -2.10. The molecule has 270 valence electrons. The number of imidazole rings is 1. The van der Waals surface area contributed by atoms with Gasteiger partial charge in [0.15, 0.2) is 0 Å². The molecule has 0 aliphatic carbocycles. The van der Waals surface area contributed by atoms with Crippen LogP contribution in [0, 0.1) is 0 Å². The van der Waals surface area contributed by atoms with E-state index in [0.29, 0.717) is 0 Å². The van der Waals surface area contributed by atoms with Crippen LogP contribution in [0.3, 0.4) is 0 Å². The van der Waals surface area contributed by atoms with Crippen molar-refractivity contribution in [2.75, 3.05) is 4.90 Å². The monoisotopic (exact) mass is 737 g/mol. The summed E-state index contributed by atoms with van der Waals surface area (Å²) in [5.74, 6) is 0.915. The maximum atomic E-state index is 5.38. The Bertz CT molecular complexity index is 3340. The molecule has 0 N–H and O–H groups in total. The van der Waals surface area contributed by atoms with Crippen LogP contribution in [0.25, 0.3) is 92.7 Å². The molecule has 0 amide bonds. The van der Waals surface area contributed by atoms with Gasteiger partial charge in [-0.2, -0.15) is 0 Å². The molecule has 0 fully saturated rings. The third kappa shape index (κ3) is 4.97. The van der Waals surface area contributed by atoms with E-state index in [0.717, 1.165) is 45.2 Å². The molecule has 0 atom stereocenters. The van der Waals surface area contributed by atoms with Crippen molar-refractivity contribution in [3.8, 4) is 17.1 Å². The Labute approximate surface area is 335 Å². The molecule has 11 aromatic carbocycles. The molecule has 0 saturated carbocycles. The lowest BCUT2D eigenvalue weighted by Gasteiger charge is -2.27. The number of rotatable bonds is 5. The van der Waals surface area contributed by atoms with Gasteiger partial charge < -0.3 is 4.90 Å². The van der Waals surface area contributed by atoms with Crippen LogP contribution in [0.4, 0.5) is 17.1 Å². The van der Waals surface area contributed by atoms with Gasteiger partial charge in [0.2, 0.25) is 0 Å². The van der Waals surface area contributed by atoms with Crippen molar-refractivity contribution in [1.29, 1.82) is 0 Å². The molecular formula is C55H35N3. The first-order chi connectivity index (χ1) is 28.8. The van der Waals surface area contributed by atoms with E-state index in [1.807, 2.05) is 0 Å². The third-order valence-corrected chi connectivity index (χ3v) is 11.9. The molecule has 1 aromatic heterocycles. The number of aromatic nitrogens is 2. The largest absolute Gasteiger partial charge is 0.310 e. The van der Waals surface area contributed by atoms with Gasteiger partial charge in [0, 0.05) is 28.3 Å². The summed E-state index contributed by atoms with van der Waals surface area (Å²) in [5, 5.41) is 15.1. The van der Waals surface area contributed by atoms with Gasteiger partial charge >= 0.3 is 0 Å². The van der Waals surface area contributed by atoms with Gasteiger partial charge in [0.05, 0.1) is 11.0 Å². The van der Waals surface area contributed by atoms with Gasteiger partial charge in [-0.25, -0.2) is 4.98 Å². The molecule has 3 nitrogen and oxygen atoms in total. The second-order valence-electron chi connectivity index (χ2n) is 15.1. The van der Waals surface area contributed by atoms with Gasteiger partial charge in [-0.3, -0.25) is 4.57 Å². The molecule has 12 aromatic rings. The van der Waals surface area contributed by atoms with Crippen LogP contribution >= 0.6 is 0 Å². The van der Waals surface area contributed by atoms with Crippen LogP contribution in [0.5, 0.6) is 0 Å². The molecule has 0 radical (unpaired) electrons. The number of hydrogen-bond acceptors (Lipinski definition) is 2. The van der Waals surface area contributed by atoms with E-state index < -0.39 is 0 Å². The predicted molar refractivity (Wildman–Crippen MR) is 246 cm³/mol. The van der Waals surface area contributed by atoms with Crippen LogP contribution in [0.2, 0.25) is 0 Å². The highest BCUT2D eigenvalue weighted by Crippen LogP contribution is 2.44. The van der Waals surface area contributed by atoms with Crippen molar-refractivity contribution in [1.82, 2.24) is 9.55 Å². The first-order valence-electron chi connectivity index (χ1n) is 19.9. The standard InChI is InChI=1S/C55H35N3/c1-3-15-36(16-4-1)55-56-53-35-40(29-32-54(53)58(55)37-17-5-2-6-18-37)57(38-27-30-49-45-23-9-7-19-41(45)43-21-11-13-25-47(43)51(49)33-38)39-28-31-50-46-24-10-8-20-42(46)44-22-12-14-26-48(44)52(50)34-39/h1-35H. The molecule has 58 heavy (non-hydrogen) atoms. The van der Waals surface area contributed by atoms with Crippen LogP contribution in [0.15, 0.2) is 212 Å². The highest BCUT2D eigenvalue weighted by molar-refractivity contribution is 6.27. The third-order valence-electron chi connectivity index (χ3n) is 11.9. The van der Waals surface area contributed by atoms with E-state index >= 15 is 0 Å². The topological polar surface area (TPSA) is 21.1 Å². The zero-order valence-electron chi connectivity index (χ0n) is 31.5. The predicted octanol–water partition coefficient (Wildman–Crippen LogP) is 15.1. The SMILES string of the molecule is c1ccc(-c2nc3cc(N(c4ccc5c6ccccc6c6ccccc6c5c4)c4ccc5c6ccccc6c6ccccc6c5c4)ccc3n2-c2ccccc2)cc1. The summed E-state index contributed by atoms with van der Waals surface area (Å²) in [6.07, 6.45) is 0. The van der Waals surface area contributed by atoms with Crippen molar-refractivity contribution in [2.45, 2.75) is 0 Å². The molecule has 12 rings (SSSR count). The second kappa shape index (κ2) is 12.9. The molecule has 0 saturated heterocycles. The summed E-state index contributed by atoms with van der Waals surface area (Å²) < 4.78 is 2.28. The number of fused-ring (bicyclic) bond motifs is 13. The minimum Gasteiger partial charge on any atom is -0.310 e. The number of benzene rings is 11. The number of anilines is 3. The molecule has 0 unspecified atom stereocenters. The molecule has 0 spiro atoms. The quantitative estimate of drug-likeness (QED) is 0.164. The van der Waals surface area contributed by atoms with E-state index in [-0.39, 0.29) is 0 Å². The Balaban J connectivity index is 1.14. The van der Waals surface area contributed by atoms with E-state index in [9.17, 15) is 0 Å². The van der Waals surface area contributed by atoms with Crippen molar-refractivity contribution in [2.24, 2.45) is 0 Å². The van der Waals surface area contributed by atoms with Gasteiger partial charge in [-0.15, -0.1) is 0 Å². The van der Waals surface area contributed by atoms with Gasteiger partial charge in [-0.1, -0.05) is 158 Å². The number of para-hydroxylation sites is 1. The summed E-state index contributed by atoms with van der Waals surface area (Å²) in [6, 6.07) is 76.9. The zero-order chi connectivity index (χ0) is 38.2. The summed E-state index contributed by atoms with van der Waals surface area (Å²) in [7, 11) is 0. The maximum Gasteiger partial charge on any atom is 0.145 e. The minimum absolute atomic E-state index is 0.915. The molecule has 0 bridgehead atoms. The van der Waals surface area contributed by atoms with Gasteiger partial charge in [0.1, 0.15) is 5.82 Å². The first kappa shape index (κ1) is 32.5. The molecule has 1 heterocycles. The Morgan fingerprint density at radius 3 is 1.14 bits per heavy atom. The Kier molecular flexibility index (Phi) is 7.23. The summed E-state index contributed by atoms with van der Waals surface area (Å²) in [5.41, 5.74) is 7.35. The minimum atomic E-state index is 0.915. The van der Waals surface area contributed by atoms with E-state index in [1.54, 1.807) is 0 Å². The summed E-state index contributed by atoms with van der Waals surface area (Å²) in [6.45, 7) is 0. The summed E-state index contributed by atoms with van der Waals surface area (Å²) >= 11 is 0. The Morgan fingerprint density at radius 2 is 0.672 bits per heavy atom. The van der Waals surface area contributed by atoms with Gasteiger partial charge in [0.25, 0.3) is 0 Å². The number of nitrogens with zero attached hydrogens (tertiary/aromatic N) is 3. The van der Waals surface area contributed by atoms with Crippen molar-refractivity contribution in [3.63, 3.8) is 0 Å². The molecule has 0 aliphatic heterocycles. The first-order valence-corrected chi connectivity index (χ1v) is 19.9. The van der Waals surface area contributed by atoms with E-state index in [2.05, 4.69) is 222 Å². The number of hydrogen-bond donors (Lipinski definition) is 0. The van der Waals surface area contributed by atoms with Crippen molar-refractivity contribution >= 4 is 92.7 Å². The fraction of sp³-hybridized carbons (Fsp3) is 0. The molecule has 0 aliphatic rings. The Morgan fingerprint density at radius 1 is 0.310 bits per heavy atom. The van der Waals surface area contributed by atoms with Crippen molar-refractivity contribution < 1.29 is 0 Å². The average Bonchev–Trinajstić information content (AvgIpc) is 3.69. The van der Waals surface area contributed by atoms with Crippen LogP contribution in [-0.2, 0) is 0 Å². The molecule has 3 heteroatoms. The lowest BCUT2D eigenvalue weighted by molar-refractivity contribution is 1.10. The van der Waals surface area contributed by atoms with Gasteiger partial charge in [-0.05, 0) is 119 Å². The average molecular weight is 738 g/mol. The smallest absolute Gasteiger partial charge is 0.145 e. The summed E-state index contributed by atoms with van der Waals surface area (Å²) in [4.78, 5) is 7.79. The lowest BCUT2D eigenvalue weighted by atomic mass is 9.93. The fourth-order valence-electron chi connectivity index (χ4n) is 9.34. The van der Waals surface area contributed by atoms with E-state index in [1.165, 1.54) is 64.6 Å². The van der Waals surface area contributed by atoms with Crippen LogP contribution in [-0.4, -0.2) is 9.55 Å². The van der Waals surface area contributed by atoms with E-state index in [4.69, 9.17) is 4.98 Å². The second-order valence-corrected chi connectivity index (χ2v) is 15.1. The maximum absolute atomic E-state index is 5.38. The van der Waals surface area contributed by atoms with Crippen LogP contribution < -0.4 is 4.90 Å². The highest BCUT2D eigenvalue weighted by Gasteiger charge is 2.21. The zero-order valence-corrected chi connectivity index (χ0v) is 31.5. The fourth-order valence-corrected chi connectivity index (χ4v) is 9.34. The normalized spacial score (nSPS) is 11.8. The highest BCUT2D eigenvalue weighted by atomic mass is 15.1.